The van der Waals surface area contributed by atoms with E-state index in [-0.39, 0.29) is 6.67 Å². The number of halogens is 1. The van der Waals surface area contributed by atoms with Crippen LogP contribution in [0.25, 0.3) is 38.8 Å². The molecule has 0 radical (unpaired) electrons. The molecular weight excluding hydrogens is 407 g/mol. The lowest BCUT2D eigenvalue weighted by Crippen LogP contribution is -1.96. The maximum atomic E-state index is 10.3. The molecular formula is C30H35FN2. The lowest BCUT2D eigenvalue weighted by atomic mass is 10.0. The minimum atomic E-state index is -0.250. The monoisotopic (exact) mass is 442 g/mol. The summed E-state index contributed by atoms with van der Waals surface area (Å²) >= 11 is 0. The number of aryl methyl sites for hydroxylation is 1. The summed E-state index contributed by atoms with van der Waals surface area (Å²) in [7, 11) is 0. The smallest absolute Gasteiger partial charge is 0.0866 e. The van der Waals surface area contributed by atoms with Crippen molar-refractivity contribution in [2.75, 3.05) is 6.67 Å². The van der Waals surface area contributed by atoms with Gasteiger partial charge in [-0.2, -0.15) is 0 Å². The predicted molar refractivity (Wildman–Crippen MR) is 143 cm³/mol. The molecule has 2 nitrogen and oxygen atoms in total. The molecule has 172 valence electrons. The van der Waals surface area contributed by atoms with Crippen LogP contribution in [-0.4, -0.2) is 16.2 Å². The van der Waals surface area contributed by atoms with Gasteiger partial charge in [-0.15, -0.1) is 0 Å². The van der Waals surface area contributed by atoms with Gasteiger partial charge < -0.3 is 4.57 Å². The van der Waals surface area contributed by atoms with E-state index in [1.807, 2.05) is 46.0 Å². The molecule has 0 amide bonds. The lowest BCUT2D eigenvalue weighted by Gasteiger charge is -2.12. The summed E-state index contributed by atoms with van der Waals surface area (Å²) in [5, 5.41) is 2.56. The predicted octanol–water partition coefficient (Wildman–Crippen LogP) is 9.18. The van der Waals surface area contributed by atoms with Gasteiger partial charge in [-0.05, 0) is 55.8 Å². The Morgan fingerprint density at radius 1 is 0.727 bits per heavy atom. The molecule has 0 aliphatic rings. The topological polar surface area (TPSA) is 17.8 Å². The highest BCUT2D eigenvalue weighted by atomic mass is 19.1. The lowest BCUT2D eigenvalue weighted by molar-refractivity contribution is 0.527. The van der Waals surface area contributed by atoms with E-state index in [2.05, 4.69) is 89.3 Å². The minimum Gasteiger partial charge on any atom is -0.309 e. The number of rotatable bonds is 2. The number of aromatic nitrogens is 2. The highest BCUT2D eigenvalue weighted by molar-refractivity contribution is 6.09. The summed E-state index contributed by atoms with van der Waals surface area (Å²) in [5.74, 6) is 0. The van der Waals surface area contributed by atoms with E-state index in [1.165, 1.54) is 39.9 Å². The SMILES string of the molecule is CC.CC.CCF.Cc1ccc(-n2c3ccccc3c3ccccc32)cc1-c1ccccn1. The van der Waals surface area contributed by atoms with Gasteiger partial charge in [-0.1, -0.05) is 76.2 Å². The molecule has 0 saturated heterocycles. The van der Waals surface area contributed by atoms with Crippen molar-refractivity contribution in [3.63, 3.8) is 0 Å². The minimum absolute atomic E-state index is 0.250. The Bertz CT molecular complexity index is 1200. The van der Waals surface area contributed by atoms with E-state index in [0.29, 0.717) is 0 Å². The third-order valence-corrected chi connectivity index (χ3v) is 5.00. The number of para-hydroxylation sites is 2. The van der Waals surface area contributed by atoms with Gasteiger partial charge in [0.2, 0.25) is 0 Å². The Hall–Kier alpha value is -3.46. The standard InChI is InChI=1S/C24H18N2.C2H5F.2C2H6/c1-17-13-14-18(16-21(17)22-10-6-7-15-25-22)26-23-11-4-2-8-19(23)20-9-3-5-12-24(20)26;1-2-3;2*1-2/h2-16H,1H3;2H2,1H3;2*1-2H3. The second-order valence-electron chi connectivity index (χ2n) is 6.85. The van der Waals surface area contributed by atoms with E-state index in [9.17, 15) is 4.39 Å². The molecule has 3 aromatic carbocycles. The van der Waals surface area contributed by atoms with Crippen LogP contribution < -0.4 is 0 Å². The van der Waals surface area contributed by atoms with Gasteiger partial charge in [0.1, 0.15) is 0 Å². The molecule has 0 saturated carbocycles. The molecule has 2 aromatic heterocycles. The van der Waals surface area contributed by atoms with Gasteiger partial charge in [0.15, 0.2) is 0 Å². The summed E-state index contributed by atoms with van der Waals surface area (Å²) in [6.45, 7) is 11.3. The third kappa shape index (κ3) is 5.67. The molecule has 3 heteroatoms. The summed E-state index contributed by atoms with van der Waals surface area (Å²) in [6.07, 6.45) is 1.85. The van der Waals surface area contributed by atoms with Gasteiger partial charge in [0.05, 0.1) is 23.4 Å². The Morgan fingerprint density at radius 3 is 1.76 bits per heavy atom. The second kappa shape index (κ2) is 13.2. The molecule has 2 heterocycles. The van der Waals surface area contributed by atoms with Crippen molar-refractivity contribution in [2.45, 2.75) is 41.5 Å². The van der Waals surface area contributed by atoms with Crippen LogP contribution in [0.5, 0.6) is 0 Å². The first-order valence-electron chi connectivity index (χ1n) is 11.8. The normalized spacial score (nSPS) is 9.79. The van der Waals surface area contributed by atoms with Crippen molar-refractivity contribution in [1.29, 1.82) is 0 Å². The van der Waals surface area contributed by atoms with Crippen molar-refractivity contribution in [3.05, 3.63) is 96.7 Å². The first-order chi connectivity index (χ1) is 16.2. The van der Waals surface area contributed by atoms with Crippen LogP contribution in [0.1, 0.15) is 40.2 Å². The van der Waals surface area contributed by atoms with E-state index in [4.69, 9.17) is 0 Å². The Labute approximate surface area is 197 Å². The number of hydrogen-bond donors (Lipinski definition) is 0. The quantitative estimate of drug-likeness (QED) is 0.266. The first kappa shape index (κ1) is 25.8. The summed E-state index contributed by atoms with van der Waals surface area (Å²) < 4.78 is 12.6. The average Bonchev–Trinajstić information content (AvgIpc) is 3.22. The van der Waals surface area contributed by atoms with Crippen LogP contribution in [-0.2, 0) is 0 Å². The maximum Gasteiger partial charge on any atom is 0.0866 e. The fraction of sp³-hybridized carbons (Fsp3) is 0.233. The average molecular weight is 443 g/mol. The molecule has 0 atom stereocenters. The molecule has 0 spiro atoms. The summed E-state index contributed by atoms with van der Waals surface area (Å²) in [6, 6.07) is 29.9. The molecule has 5 rings (SSSR count). The second-order valence-corrected chi connectivity index (χ2v) is 6.85. The van der Waals surface area contributed by atoms with Crippen LogP contribution in [0.4, 0.5) is 4.39 Å². The molecule has 0 aliphatic carbocycles. The molecule has 5 aromatic rings. The van der Waals surface area contributed by atoms with Crippen LogP contribution in [0, 0.1) is 6.92 Å². The van der Waals surface area contributed by atoms with Crippen molar-refractivity contribution in [2.24, 2.45) is 0 Å². The van der Waals surface area contributed by atoms with Gasteiger partial charge in [0, 0.05) is 28.2 Å². The number of nitrogens with zero attached hydrogens (tertiary/aromatic N) is 2. The fourth-order valence-corrected chi connectivity index (χ4v) is 3.75. The Morgan fingerprint density at radius 2 is 1.24 bits per heavy atom. The van der Waals surface area contributed by atoms with Crippen molar-refractivity contribution < 1.29 is 4.39 Å². The van der Waals surface area contributed by atoms with Gasteiger partial charge in [-0.25, -0.2) is 0 Å². The Kier molecular flexibility index (Phi) is 10.3. The highest BCUT2D eigenvalue weighted by Gasteiger charge is 2.13. The van der Waals surface area contributed by atoms with Crippen LogP contribution >= 0.6 is 0 Å². The van der Waals surface area contributed by atoms with Crippen molar-refractivity contribution in [3.8, 4) is 16.9 Å². The number of alkyl halides is 1. The molecule has 0 bridgehead atoms. The number of hydrogen-bond acceptors (Lipinski definition) is 1. The van der Waals surface area contributed by atoms with E-state index in [0.717, 1.165) is 11.4 Å². The third-order valence-electron chi connectivity index (χ3n) is 5.00. The van der Waals surface area contributed by atoms with E-state index >= 15 is 0 Å². The van der Waals surface area contributed by atoms with Crippen LogP contribution in [0.2, 0.25) is 0 Å². The van der Waals surface area contributed by atoms with E-state index in [1.54, 1.807) is 0 Å². The zero-order valence-corrected chi connectivity index (χ0v) is 20.6. The van der Waals surface area contributed by atoms with Crippen LogP contribution in [0.3, 0.4) is 0 Å². The maximum absolute atomic E-state index is 10.3. The molecule has 0 aliphatic heterocycles. The zero-order valence-electron chi connectivity index (χ0n) is 20.6. The number of fused-ring (bicyclic) bond motifs is 3. The van der Waals surface area contributed by atoms with Gasteiger partial charge >= 0.3 is 0 Å². The van der Waals surface area contributed by atoms with Crippen LogP contribution in [0.15, 0.2) is 91.1 Å². The molecule has 0 N–H and O–H groups in total. The number of benzene rings is 3. The van der Waals surface area contributed by atoms with Gasteiger partial charge in [-0.3, -0.25) is 9.37 Å². The summed E-state index contributed by atoms with van der Waals surface area (Å²) in [5.41, 5.74) is 7.02. The highest BCUT2D eigenvalue weighted by Crippen LogP contribution is 2.33. The van der Waals surface area contributed by atoms with Crippen molar-refractivity contribution >= 4 is 21.8 Å². The molecule has 33 heavy (non-hydrogen) atoms. The fourth-order valence-electron chi connectivity index (χ4n) is 3.75. The Balaban J connectivity index is 0.000000501. The first-order valence-corrected chi connectivity index (χ1v) is 11.8. The van der Waals surface area contributed by atoms with Crippen molar-refractivity contribution in [1.82, 2.24) is 9.55 Å². The molecule has 0 fully saturated rings. The largest absolute Gasteiger partial charge is 0.309 e. The van der Waals surface area contributed by atoms with E-state index < -0.39 is 0 Å². The summed E-state index contributed by atoms with van der Waals surface area (Å²) in [4.78, 5) is 4.55. The zero-order chi connectivity index (χ0) is 24.2. The molecule has 0 unspecified atom stereocenters. The van der Waals surface area contributed by atoms with Gasteiger partial charge in [0.25, 0.3) is 0 Å². The number of pyridine rings is 1.